The summed E-state index contributed by atoms with van der Waals surface area (Å²) >= 11 is 5.71. The van der Waals surface area contributed by atoms with E-state index in [1.807, 2.05) is 0 Å². The second kappa shape index (κ2) is 8.92. The fourth-order valence-electron chi connectivity index (χ4n) is 2.13. The maximum absolute atomic E-state index is 13.6. The molecule has 0 aliphatic carbocycles. The number of aliphatic hydroxyl groups excluding tert-OH is 1. The molecule has 10 heteroatoms. The molecule has 1 amide bonds. The average molecular weight is 407 g/mol. The van der Waals surface area contributed by atoms with E-state index in [9.17, 15) is 22.4 Å². The summed E-state index contributed by atoms with van der Waals surface area (Å²) in [7, 11) is 0. The van der Waals surface area contributed by atoms with Crippen molar-refractivity contribution < 1.29 is 32.2 Å². The van der Waals surface area contributed by atoms with Gasteiger partial charge >= 0.3 is 6.18 Å². The number of hydrogen-bond acceptors (Lipinski definition) is 4. The van der Waals surface area contributed by atoms with Gasteiger partial charge in [-0.2, -0.15) is 13.2 Å². The molecule has 0 bridgehead atoms. The van der Waals surface area contributed by atoms with Crippen LogP contribution in [0.5, 0.6) is 5.75 Å². The number of halogens is 5. The maximum Gasteiger partial charge on any atom is 0.418 e. The largest absolute Gasteiger partial charge is 0.491 e. The Balaban J connectivity index is 2.09. The highest BCUT2D eigenvalue weighted by Crippen LogP contribution is 2.37. The molecule has 0 fully saturated rings. The molecule has 5 nitrogen and oxygen atoms in total. The van der Waals surface area contributed by atoms with Crippen molar-refractivity contribution in [1.29, 1.82) is 0 Å². The number of amides is 1. The van der Waals surface area contributed by atoms with Gasteiger partial charge in [-0.3, -0.25) is 4.79 Å². The van der Waals surface area contributed by atoms with Crippen molar-refractivity contribution in [2.24, 2.45) is 0 Å². The summed E-state index contributed by atoms with van der Waals surface area (Å²) in [6, 6.07) is 6.65. The van der Waals surface area contributed by atoms with Gasteiger partial charge in [-0.1, -0.05) is 11.6 Å². The molecular formula is C17H15ClF4N2O3. The van der Waals surface area contributed by atoms with Crippen molar-refractivity contribution in [1.82, 2.24) is 0 Å². The van der Waals surface area contributed by atoms with Gasteiger partial charge in [0.05, 0.1) is 24.4 Å². The second-order valence-corrected chi connectivity index (χ2v) is 5.74. The Hall–Kier alpha value is -2.52. The van der Waals surface area contributed by atoms with Crippen LogP contribution in [0.4, 0.5) is 28.9 Å². The van der Waals surface area contributed by atoms with E-state index >= 15 is 0 Å². The van der Waals surface area contributed by atoms with Gasteiger partial charge in [0.25, 0.3) is 0 Å². The maximum atomic E-state index is 13.6. The zero-order valence-electron chi connectivity index (χ0n) is 13.7. The standard InChI is InChI=1S/C17H15ClF4N2O3/c18-10-1-3-13(19)15(7-10)24-16(26)9-23-14-4-2-11(27-6-5-25)8-12(14)17(20,21)22/h1-4,7-8,23,25H,5-6,9H2,(H,24,26). The Kier molecular flexibility index (Phi) is 6.86. The Morgan fingerprint density at radius 3 is 2.56 bits per heavy atom. The topological polar surface area (TPSA) is 70.6 Å². The lowest BCUT2D eigenvalue weighted by Gasteiger charge is -2.16. The number of hydrogen-bond donors (Lipinski definition) is 3. The van der Waals surface area contributed by atoms with Gasteiger partial charge in [0.1, 0.15) is 18.2 Å². The quantitative estimate of drug-likeness (QED) is 0.610. The van der Waals surface area contributed by atoms with E-state index < -0.39 is 30.0 Å². The number of nitrogens with one attached hydrogen (secondary N) is 2. The van der Waals surface area contributed by atoms with E-state index in [-0.39, 0.29) is 35.4 Å². The van der Waals surface area contributed by atoms with Gasteiger partial charge in [0.2, 0.25) is 5.91 Å². The number of carbonyl (C=O) groups excluding carboxylic acids is 1. The predicted molar refractivity (Wildman–Crippen MR) is 92.6 cm³/mol. The molecule has 146 valence electrons. The smallest absolute Gasteiger partial charge is 0.418 e. The highest BCUT2D eigenvalue weighted by molar-refractivity contribution is 6.30. The summed E-state index contributed by atoms with van der Waals surface area (Å²) in [5, 5.41) is 13.5. The molecule has 3 N–H and O–H groups in total. The van der Waals surface area contributed by atoms with E-state index in [1.54, 1.807) is 0 Å². The zero-order valence-corrected chi connectivity index (χ0v) is 14.5. The zero-order chi connectivity index (χ0) is 20.0. The Labute approximate surface area is 156 Å². The van der Waals surface area contributed by atoms with Crippen LogP contribution in [0.3, 0.4) is 0 Å². The van der Waals surface area contributed by atoms with Crippen LogP contribution in [0, 0.1) is 5.82 Å². The minimum Gasteiger partial charge on any atom is -0.491 e. The molecule has 2 aromatic carbocycles. The van der Waals surface area contributed by atoms with Crippen molar-refractivity contribution in [3.63, 3.8) is 0 Å². The fraction of sp³-hybridized carbons (Fsp3) is 0.235. The van der Waals surface area contributed by atoms with Crippen LogP contribution >= 0.6 is 11.6 Å². The molecule has 2 rings (SSSR count). The van der Waals surface area contributed by atoms with Crippen LogP contribution < -0.4 is 15.4 Å². The van der Waals surface area contributed by atoms with Crippen molar-refractivity contribution in [2.45, 2.75) is 6.18 Å². The number of alkyl halides is 3. The number of carbonyl (C=O) groups is 1. The summed E-state index contributed by atoms with van der Waals surface area (Å²) in [6.45, 7) is -1.04. The lowest BCUT2D eigenvalue weighted by molar-refractivity contribution is -0.137. The van der Waals surface area contributed by atoms with Crippen molar-refractivity contribution in [2.75, 3.05) is 30.4 Å². The van der Waals surface area contributed by atoms with Crippen LogP contribution in [0.15, 0.2) is 36.4 Å². The van der Waals surface area contributed by atoms with E-state index in [2.05, 4.69) is 10.6 Å². The second-order valence-electron chi connectivity index (χ2n) is 5.30. The third kappa shape index (κ3) is 6.00. The number of rotatable bonds is 7. The summed E-state index contributed by atoms with van der Waals surface area (Å²) in [5.41, 5.74) is -1.57. The van der Waals surface area contributed by atoms with Gasteiger partial charge in [-0.15, -0.1) is 0 Å². The lowest BCUT2D eigenvalue weighted by atomic mass is 10.1. The third-order valence-electron chi connectivity index (χ3n) is 3.30. The minimum atomic E-state index is -4.70. The molecule has 0 aliphatic rings. The molecular weight excluding hydrogens is 392 g/mol. The molecule has 0 saturated carbocycles. The molecule has 2 aromatic rings. The fourth-order valence-corrected chi connectivity index (χ4v) is 2.30. The van der Waals surface area contributed by atoms with Crippen molar-refractivity contribution in [3.05, 3.63) is 52.8 Å². The van der Waals surface area contributed by atoms with Gasteiger partial charge in [-0.25, -0.2) is 4.39 Å². The number of ether oxygens (including phenoxy) is 1. The summed E-state index contributed by atoms with van der Waals surface area (Å²) in [6.07, 6.45) is -4.70. The van der Waals surface area contributed by atoms with Crippen LogP contribution in [0.25, 0.3) is 0 Å². The van der Waals surface area contributed by atoms with Crippen LogP contribution in [-0.2, 0) is 11.0 Å². The number of aliphatic hydroxyl groups is 1. The SMILES string of the molecule is O=C(CNc1ccc(OCCO)cc1C(F)(F)F)Nc1cc(Cl)ccc1F. The van der Waals surface area contributed by atoms with Gasteiger partial charge in [0, 0.05) is 10.7 Å². The summed E-state index contributed by atoms with van der Waals surface area (Å²) in [5.74, 6) is -1.56. The molecule has 0 atom stereocenters. The van der Waals surface area contributed by atoms with Crippen LogP contribution in [0.1, 0.15) is 5.56 Å². The third-order valence-corrected chi connectivity index (χ3v) is 3.53. The number of anilines is 2. The first-order valence-electron chi connectivity index (χ1n) is 7.64. The molecule has 0 heterocycles. The average Bonchev–Trinajstić information content (AvgIpc) is 2.60. The van der Waals surface area contributed by atoms with E-state index in [0.717, 1.165) is 18.2 Å². The molecule has 0 radical (unpaired) electrons. The molecule has 0 saturated heterocycles. The molecule has 0 aliphatic heterocycles. The highest BCUT2D eigenvalue weighted by atomic mass is 35.5. The minimum absolute atomic E-state index is 0.0765. The highest BCUT2D eigenvalue weighted by Gasteiger charge is 2.34. The Morgan fingerprint density at radius 2 is 1.89 bits per heavy atom. The molecule has 0 unspecified atom stereocenters. The van der Waals surface area contributed by atoms with Gasteiger partial charge < -0.3 is 20.5 Å². The van der Waals surface area contributed by atoms with Crippen LogP contribution in [0.2, 0.25) is 5.02 Å². The van der Waals surface area contributed by atoms with Gasteiger partial charge in [-0.05, 0) is 36.4 Å². The first-order chi connectivity index (χ1) is 12.7. The molecule has 0 spiro atoms. The first-order valence-corrected chi connectivity index (χ1v) is 8.02. The van der Waals surface area contributed by atoms with E-state index in [1.165, 1.54) is 18.2 Å². The Morgan fingerprint density at radius 1 is 1.15 bits per heavy atom. The Bertz CT molecular complexity index is 815. The molecule has 27 heavy (non-hydrogen) atoms. The molecule has 0 aromatic heterocycles. The predicted octanol–water partition coefficient (Wildman–Crippen LogP) is 3.92. The van der Waals surface area contributed by atoms with E-state index in [4.69, 9.17) is 21.4 Å². The summed E-state index contributed by atoms with van der Waals surface area (Å²) < 4.78 is 58.2. The lowest BCUT2D eigenvalue weighted by Crippen LogP contribution is -2.23. The summed E-state index contributed by atoms with van der Waals surface area (Å²) in [4.78, 5) is 11.9. The number of benzene rings is 2. The van der Waals surface area contributed by atoms with Gasteiger partial charge in [0.15, 0.2) is 0 Å². The monoisotopic (exact) mass is 406 g/mol. The first kappa shape index (κ1) is 20.8. The van der Waals surface area contributed by atoms with Crippen molar-refractivity contribution in [3.8, 4) is 5.75 Å². The normalized spacial score (nSPS) is 11.2. The van der Waals surface area contributed by atoms with Crippen LogP contribution in [-0.4, -0.2) is 30.8 Å². The van der Waals surface area contributed by atoms with Crippen molar-refractivity contribution >= 4 is 28.9 Å². The van der Waals surface area contributed by atoms with E-state index in [0.29, 0.717) is 0 Å².